The van der Waals surface area contributed by atoms with E-state index < -0.39 is 0 Å². The Labute approximate surface area is 264 Å². The SMILES string of the molecule is [C-]#[N+]C(C#N)=c1c2c(c(=C(C#N)[N+]#[C-])c3c1Cc1ccc(-c4nc(C)nc(C)n4)cc1-3)-c1cc(-c3nc(C)nc(C)n3)ccc1C2. The van der Waals surface area contributed by atoms with Crippen LogP contribution in [0.3, 0.4) is 0 Å². The number of fused-ring (bicyclic) bond motifs is 6. The molecule has 0 unspecified atom stereocenters. The van der Waals surface area contributed by atoms with Gasteiger partial charge in [0.1, 0.15) is 23.3 Å². The molecule has 3 aromatic carbocycles. The number of nitriles is 2. The van der Waals surface area contributed by atoms with Gasteiger partial charge in [-0.15, -0.1) is 0 Å². The van der Waals surface area contributed by atoms with Gasteiger partial charge in [0.15, 0.2) is 11.6 Å². The van der Waals surface area contributed by atoms with Crippen LogP contribution in [0, 0.1) is 63.5 Å². The van der Waals surface area contributed by atoms with E-state index in [0.717, 1.165) is 44.5 Å². The van der Waals surface area contributed by atoms with Crippen LogP contribution in [-0.2, 0) is 12.8 Å². The predicted molar refractivity (Wildman–Crippen MR) is 170 cm³/mol. The molecule has 0 fully saturated rings. The van der Waals surface area contributed by atoms with E-state index >= 15 is 0 Å². The van der Waals surface area contributed by atoms with Gasteiger partial charge < -0.3 is 0 Å². The van der Waals surface area contributed by atoms with E-state index in [1.54, 1.807) is 0 Å². The van der Waals surface area contributed by atoms with Crippen LogP contribution < -0.4 is 10.4 Å². The van der Waals surface area contributed by atoms with Crippen LogP contribution in [0.25, 0.3) is 66.1 Å². The molecule has 5 aromatic rings. The summed E-state index contributed by atoms with van der Waals surface area (Å²) < 4.78 is 0. The average molecular weight is 595 g/mol. The smallest absolute Gasteiger partial charge is 0.226 e. The van der Waals surface area contributed by atoms with Crippen molar-refractivity contribution in [3.8, 4) is 57.2 Å². The third kappa shape index (κ3) is 4.29. The highest BCUT2D eigenvalue weighted by molar-refractivity contribution is 5.94. The van der Waals surface area contributed by atoms with Crippen molar-refractivity contribution >= 4 is 11.4 Å². The second-order valence-corrected chi connectivity index (χ2v) is 11.2. The van der Waals surface area contributed by atoms with Gasteiger partial charge in [-0.25, -0.2) is 50.1 Å². The Bertz CT molecular complexity index is 2310. The lowest BCUT2D eigenvalue weighted by molar-refractivity contribution is 0.928. The molecular weight excluding hydrogens is 572 g/mol. The van der Waals surface area contributed by atoms with Gasteiger partial charge in [-0.3, -0.25) is 0 Å². The molecule has 0 spiro atoms. The first-order valence-corrected chi connectivity index (χ1v) is 14.4. The lowest BCUT2D eigenvalue weighted by atomic mass is 9.89. The van der Waals surface area contributed by atoms with Crippen molar-refractivity contribution < 1.29 is 0 Å². The predicted octanol–water partition coefficient (Wildman–Crippen LogP) is 4.87. The standard InChI is InChI=1S/C36H22N10/c1-17-41-18(2)44-35(43-17)23-9-7-21-11-27-31(29(15-37)39-5)28-12-22-8-10-24(36-45-19(3)42-20(4)46-36)14-26(22)33(28)34(30(16-38)40-6)32(27)25(21)13-23/h7-10,13-14H,11-12H2,1-4H3. The number of aryl methyl sites for hydroxylation is 4. The summed E-state index contributed by atoms with van der Waals surface area (Å²) in [6.07, 6.45) is 0.885. The molecule has 2 aromatic heterocycles. The topological polar surface area (TPSA) is 134 Å². The molecule has 0 aliphatic heterocycles. The zero-order valence-corrected chi connectivity index (χ0v) is 25.4. The second kappa shape index (κ2) is 10.5. The average Bonchev–Trinajstić information content (AvgIpc) is 3.60. The van der Waals surface area contributed by atoms with E-state index in [9.17, 15) is 10.5 Å². The monoisotopic (exact) mass is 594 g/mol. The highest BCUT2D eigenvalue weighted by atomic mass is 15.0. The number of nitrogens with zero attached hydrogens (tertiary/aromatic N) is 10. The molecule has 0 bridgehead atoms. The fraction of sp³-hybridized carbons (Fsp3) is 0.167. The van der Waals surface area contributed by atoms with Gasteiger partial charge in [-0.2, -0.15) is 0 Å². The van der Waals surface area contributed by atoms with Crippen LogP contribution in [0.1, 0.15) is 45.6 Å². The fourth-order valence-corrected chi connectivity index (χ4v) is 6.68. The number of benzene rings is 3. The third-order valence-electron chi connectivity index (χ3n) is 8.34. The lowest BCUT2D eigenvalue weighted by Gasteiger charge is -2.14. The number of hydrogen-bond acceptors (Lipinski definition) is 8. The molecule has 46 heavy (non-hydrogen) atoms. The van der Waals surface area contributed by atoms with Gasteiger partial charge in [0.2, 0.25) is 0 Å². The molecule has 2 heterocycles. The van der Waals surface area contributed by atoms with E-state index in [2.05, 4.69) is 51.7 Å². The van der Waals surface area contributed by atoms with Crippen LogP contribution in [0.15, 0.2) is 36.4 Å². The molecule has 10 nitrogen and oxygen atoms in total. The minimum absolute atomic E-state index is 0.0196. The van der Waals surface area contributed by atoms with E-state index in [4.69, 9.17) is 13.1 Å². The molecule has 0 atom stereocenters. The Balaban J connectivity index is 1.63. The van der Waals surface area contributed by atoms with E-state index in [-0.39, 0.29) is 11.4 Å². The molecule has 10 heteroatoms. The summed E-state index contributed by atoms with van der Waals surface area (Å²) in [6, 6.07) is 16.1. The largest absolute Gasteiger partial charge is 0.270 e. The van der Waals surface area contributed by atoms with Crippen molar-refractivity contribution in [2.45, 2.75) is 40.5 Å². The first kappa shape index (κ1) is 28.2. The highest BCUT2D eigenvalue weighted by Crippen LogP contribution is 2.42. The fourth-order valence-electron chi connectivity index (χ4n) is 6.68. The van der Waals surface area contributed by atoms with Gasteiger partial charge >= 0.3 is 0 Å². The zero-order valence-electron chi connectivity index (χ0n) is 25.4. The van der Waals surface area contributed by atoms with Crippen molar-refractivity contribution in [1.29, 1.82) is 10.5 Å². The van der Waals surface area contributed by atoms with Crippen molar-refractivity contribution in [3.05, 3.63) is 115 Å². The van der Waals surface area contributed by atoms with Crippen molar-refractivity contribution in [3.63, 3.8) is 0 Å². The summed E-state index contributed by atoms with van der Waals surface area (Å²) in [6.45, 7) is 23.2. The number of rotatable bonds is 2. The maximum absolute atomic E-state index is 10.3. The summed E-state index contributed by atoms with van der Waals surface area (Å²) in [4.78, 5) is 34.2. The van der Waals surface area contributed by atoms with Crippen LogP contribution in [-0.4, -0.2) is 29.9 Å². The molecule has 0 radical (unpaired) electrons. The Morgan fingerprint density at radius 2 is 1.00 bits per heavy atom. The van der Waals surface area contributed by atoms with Gasteiger partial charge in [-0.05, 0) is 102 Å². The Morgan fingerprint density at radius 1 is 0.609 bits per heavy atom. The minimum Gasteiger partial charge on any atom is -0.226 e. The first-order valence-electron chi connectivity index (χ1n) is 14.4. The zero-order chi connectivity index (χ0) is 32.3. The van der Waals surface area contributed by atoms with Gasteiger partial charge in [0.05, 0.1) is 25.3 Å². The van der Waals surface area contributed by atoms with Crippen molar-refractivity contribution in [1.82, 2.24) is 29.9 Å². The summed E-state index contributed by atoms with van der Waals surface area (Å²) >= 11 is 0. The summed E-state index contributed by atoms with van der Waals surface area (Å²) in [7, 11) is 0. The van der Waals surface area contributed by atoms with Crippen molar-refractivity contribution in [2.75, 3.05) is 0 Å². The Kier molecular flexibility index (Phi) is 6.45. The second-order valence-electron chi connectivity index (χ2n) is 11.2. The highest BCUT2D eigenvalue weighted by Gasteiger charge is 2.32. The van der Waals surface area contributed by atoms with Crippen LogP contribution in [0.2, 0.25) is 0 Å². The molecule has 2 aliphatic carbocycles. The summed E-state index contributed by atoms with van der Waals surface area (Å²) in [5.74, 6) is 3.42. The third-order valence-corrected chi connectivity index (χ3v) is 8.34. The summed E-state index contributed by atoms with van der Waals surface area (Å²) in [5.41, 5.74) is 7.88. The van der Waals surface area contributed by atoms with Crippen LogP contribution in [0.4, 0.5) is 0 Å². The molecule has 216 valence electrons. The van der Waals surface area contributed by atoms with Crippen molar-refractivity contribution in [2.24, 2.45) is 0 Å². The maximum atomic E-state index is 10.3. The molecule has 0 amide bonds. The molecule has 0 saturated carbocycles. The Morgan fingerprint density at radius 3 is 1.37 bits per heavy atom. The molecular formula is C36H22N10. The number of aromatic nitrogens is 6. The molecule has 7 rings (SSSR count). The van der Waals surface area contributed by atoms with Crippen LogP contribution >= 0.6 is 0 Å². The molecule has 2 aliphatic rings. The molecule has 0 N–H and O–H groups in total. The molecule has 0 saturated heterocycles. The van der Waals surface area contributed by atoms with E-state index in [1.807, 2.05) is 64.1 Å². The van der Waals surface area contributed by atoms with Gasteiger partial charge in [-0.1, -0.05) is 24.3 Å². The van der Waals surface area contributed by atoms with E-state index in [0.29, 0.717) is 69.4 Å². The Hall–Kier alpha value is -6.62. The van der Waals surface area contributed by atoms with Gasteiger partial charge in [0, 0.05) is 16.3 Å². The summed E-state index contributed by atoms with van der Waals surface area (Å²) in [5, 5.41) is 21.6. The first-order chi connectivity index (χ1) is 22.2. The normalized spacial score (nSPS) is 11.7. The lowest BCUT2D eigenvalue weighted by Crippen LogP contribution is -2.25. The van der Waals surface area contributed by atoms with E-state index in [1.165, 1.54) is 0 Å². The van der Waals surface area contributed by atoms with Crippen LogP contribution in [0.5, 0.6) is 0 Å². The quantitative estimate of drug-likeness (QED) is 0.259. The number of hydrogen-bond donors (Lipinski definition) is 0. The van der Waals surface area contributed by atoms with Gasteiger partial charge in [0.25, 0.3) is 11.4 Å². The minimum atomic E-state index is -0.0597. The maximum Gasteiger partial charge on any atom is 0.270 e.